The third-order valence-electron chi connectivity index (χ3n) is 2.85. The zero-order chi connectivity index (χ0) is 15.3. The van der Waals surface area contributed by atoms with Gasteiger partial charge in [-0.25, -0.2) is 0 Å². The molecule has 1 fully saturated rings. The zero-order valence-electron chi connectivity index (χ0n) is 13.3. The van der Waals surface area contributed by atoms with Gasteiger partial charge < -0.3 is 9.47 Å². The molecule has 114 valence electrons. The molecule has 0 saturated carbocycles. The average Bonchev–Trinajstić information content (AvgIpc) is 3.37. The first-order valence-electron chi connectivity index (χ1n) is 7.57. The van der Waals surface area contributed by atoms with E-state index in [0.717, 1.165) is 19.6 Å². The van der Waals surface area contributed by atoms with Crippen molar-refractivity contribution in [1.29, 1.82) is 0 Å². The Morgan fingerprint density at radius 3 is 1.62 bits per heavy atom. The summed E-state index contributed by atoms with van der Waals surface area (Å²) in [4.78, 5) is 0. The van der Waals surface area contributed by atoms with Crippen LogP contribution >= 0.6 is 0 Å². The number of methoxy groups -OCH3 is 1. The molecule has 1 heterocycles. The summed E-state index contributed by atoms with van der Waals surface area (Å²) in [6.45, 7) is 5.66. The molecule has 0 bridgehead atoms. The second kappa shape index (κ2) is 11.1. The normalized spacial score (nSPS) is 15.1. The fraction of sp³-hybridized carbons (Fsp3) is 0.368. The van der Waals surface area contributed by atoms with E-state index in [1.54, 1.807) is 7.11 Å². The Labute approximate surface area is 128 Å². The molecular weight excluding hydrogens is 260 g/mol. The minimum atomic E-state index is 0.426. The van der Waals surface area contributed by atoms with Gasteiger partial charge in [0.05, 0.1) is 13.2 Å². The van der Waals surface area contributed by atoms with Gasteiger partial charge in [0.15, 0.2) is 0 Å². The van der Waals surface area contributed by atoms with Crippen molar-refractivity contribution in [3.63, 3.8) is 0 Å². The lowest BCUT2D eigenvalue weighted by Crippen LogP contribution is -1.94. The van der Waals surface area contributed by atoms with Gasteiger partial charge in [-0.05, 0) is 17.5 Å². The Hall–Kier alpha value is -1.64. The molecule has 1 aliphatic heterocycles. The molecule has 1 saturated heterocycles. The highest BCUT2D eigenvalue weighted by Gasteiger charge is 2.21. The van der Waals surface area contributed by atoms with Crippen LogP contribution in [0.2, 0.25) is 0 Å². The molecule has 1 aliphatic rings. The molecule has 0 radical (unpaired) electrons. The second-order valence-corrected chi connectivity index (χ2v) is 4.56. The molecule has 0 aliphatic carbocycles. The van der Waals surface area contributed by atoms with E-state index in [0.29, 0.717) is 6.10 Å². The second-order valence-electron chi connectivity index (χ2n) is 4.56. The van der Waals surface area contributed by atoms with Crippen LogP contribution in [0.5, 0.6) is 0 Å². The van der Waals surface area contributed by atoms with Crippen molar-refractivity contribution in [2.75, 3.05) is 20.3 Å². The lowest BCUT2D eigenvalue weighted by molar-refractivity contribution is 0.171. The van der Waals surface area contributed by atoms with Crippen molar-refractivity contribution in [1.82, 2.24) is 0 Å². The minimum absolute atomic E-state index is 0.426. The summed E-state index contributed by atoms with van der Waals surface area (Å²) in [6, 6.07) is 21.1. The van der Waals surface area contributed by atoms with Crippen molar-refractivity contribution in [3.05, 3.63) is 71.8 Å². The largest absolute Gasteiger partial charge is 0.382 e. The summed E-state index contributed by atoms with van der Waals surface area (Å²) in [5, 5.41) is 0. The maximum absolute atomic E-state index is 4.82. The topological polar surface area (TPSA) is 21.8 Å². The van der Waals surface area contributed by atoms with Gasteiger partial charge in [-0.15, -0.1) is 0 Å². The Balaban J connectivity index is 0.000000231. The van der Waals surface area contributed by atoms with Crippen LogP contribution in [0.15, 0.2) is 60.7 Å². The van der Waals surface area contributed by atoms with Gasteiger partial charge >= 0.3 is 0 Å². The number of epoxide rings is 1. The maximum atomic E-state index is 4.82. The van der Waals surface area contributed by atoms with Crippen molar-refractivity contribution in [2.45, 2.75) is 26.4 Å². The fourth-order valence-electron chi connectivity index (χ4n) is 1.78. The molecule has 0 spiro atoms. The molecule has 1 atom stereocenters. The van der Waals surface area contributed by atoms with Crippen LogP contribution in [0.1, 0.15) is 25.0 Å². The highest BCUT2D eigenvalue weighted by molar-refractivity contribution is 5.25. The predicted molar refractivity (Wildman–Crippen MR) is 88.7 cm³/mol. The fourth-order valence-corrected chi connectivity index (χ4v) is 1.78. The first kappa shape index (κ1) is 17.4. The third kappa shape index (κ3) is 8.28. The molecule has 2 nitrogen and oxygen atoms in total. The molecule has 0 amide bonds. The highest BCUT2D eigenvalue weighted by Crippen LogP contribution is 2.08. The Kier molecular flexibility index (Phi) is 9.18. The Morgan fingerprint density at radius 1 is 0.905 bits per heavy atom. The van der Waals surface area contributed by atoms with Crippen LogP contribution < -0.4 is 0 Å². The zero-order valence-corrected chi connectivity index (χ0v) is 13.3. The van der Waals surface area contributed by atoms with Gasteiger partial charge in [-0.2, -0.15) is 0 Å². The smallest absolute Gasteiger partial charge is 0.104 e. The SMILES string of the molecule is CC.COCC1CO1.c1ccc(Cc2ccccc2)cc1. The molecule has 3 rings (SSSR count). The molecule has 1 unspecified atom stereocenters. The number of benzene rings is 2. The van der Waals surface area contributed by atoms with E-state index in [1.165, 1.54) is 11.1 Å². The van der Waals surface area contributed by atoms with E-state index in [9.17, 15) is 0 Å². The summed E-state index contributed by atoms with van der Waals surface area (Å²) >= 11 is 0. The summed E-state index contributed by atoms with van der Waals surface area (Å²) in [5.74, 6) is 0. The Bertz CT molecular complexity index is 412. The van der Waals surface area contributed by atoms with Crippen molar-refractivity contribution in [2.24, 2.45) is 0 Å². The predicted octanol–water partition coefficient (Wildman–Crippen LogP) is 4.34. The van der Waals surface area contributed by atoms with Crippen molar-refractivity contribution >= 4 is 0 Å². The Morgan fingerprint density at radius 2 is 1.33 bits per heavy atom. The summed E-state index contributed by atoms with van der Waals surface area (Å²) in [5.41, 5.74) is 2.74. The number of hydrogen-bond donors (Lipinski definition) is 0. The molecule has 0 N–H and O–H groups in total. The van der Waals surface area contributed by atoms with E-state index in [2.05, 4.69) is 60.7 Å². The number of hydrogen-bond acceptors (Lipinski definition) is 2. The van der Waals surface area contributed by atoms with E-state index in [1.807, 2.05) is 13.8 Å². The lowest BCUT2D eigenvalue weighted by atomic mass is 10.1. The molecule has 0 aromatic heterocycles. The van der Waals surface area contributed by atoms with Gasteiger partial charge in [-0.1, -0.05) is 74.5 Å². The maximum Gasteiger partial charge on any atom is 0.104 e. The molecular formula is C19H26O2. The summed E-state index contributed by atoms with van der Waals surface area (Å²) in [7, 11) is 1.68. The minimum Gasteiger partial charge on any atom is -0.382 e. The van der Waals surface area contributed by atoms with E-state index in [4.69, 9.17) is 9.47 Å². The summed E-state index contributed by atoms with van der Waals surface area (Å²) in [6.07, 6.45) is 1.46. The number of ether oxygens (including phenoxy) is 2. The van der Waals surface area contributed by atoms with Crippen molar-refractivity contribution < 1.29 is 9.47 Å². The van der Waals surface area contributed by atoms with E-state index in [-0.39, 0.29) is 0 Å². The van der Waals surface area contributed by atoms with Crippen LogP contribution in [0.3, 0.4) is 0 Å². The lowest BCUT2D eigenvalue weighted by Gasteiger charge is -2.00. The highest BCUT2D eigenvalue weighted by atomic mass is 16.6. The van der Waals surface area contributed by atoms with Crippen LogP contribution in [0, 0.1) is 0 Å². The standard InChI is InChI=1S/C13H12.C4H8O2.C2H6/c1-3-7-12(8-4-1)11-13-9-5-2-6-10-13;1-5-2-4-3-6-4;1-2/h1-10H,11H2;4H,2-3H2,1H3;1-2H3. The van der Waals surface area contributed by atoms with E-state index < -0.39 is 0 Å². The quantitative estimate of drug-likeness (QED) is 0.780. The van der Waals surface area contributed by atoms with Gasteiger partial charge in [0, 0.05) is 7.11 Å². The molecule has 2 aromatic carbocycles. The van der Waals surface area contributed by atoms with Crippen LogP contribution in [0.25, 0.3) is 0 Å². The van der Waals surface area contributed by atoms with Crippen LogP contribution in [0.4, 0.5) is 0 Å². The molecule has 21 heavy (non-hydrogen) atoms. The van der Waals surface area contributed by atoms with Crippen LogP contribution in [-0.4, -0.2) is 26.4 Å². The van der Waals surface area contributed by atoms with Gasteiger partial charge in [0.25, 0.3) is 0 Å². The van der Waals surface area contributed by atoms with E-state index >= 15 is 0 Å². The van der Waals surface area contributed by atoms with Gasteiger partial charge in [-0.3, -0.25) is 0 Å². The summed E-state index contributed by atoms with van der Waals surface area (Å²) < 4.78 is 9.56. The third-order valence-corrected chi connectivity index (χ3v) is 2.85. The molecule has 2 aromatic rings. The first-order valence-corrected chi connectivity index (χ1v) is 7.57. The first-order chi connectivity index (χ1) is 10.4. The van der Waals surface area contributed by atoms with Gasteiger partial charge in [0.2, 0.25) is 0 Å². The number of rotatable bonds is 4. The van der Waals surface area contributed by atoms with Crippen LogP contribution in [-0.2, 0) is 15.9 Å². The molecule has 2 heteroatoms. The van der Waals surface area contributed by atoms with Gasteiger partial charge in [0.1, 0.15) is 6.10 Å². The monoisotopic (exact) mass is 286 g/mol. The van der Waals surface area contributed by atoms with Crippen molar-refractivity contribution in [3.8, 4) is 0 Å². The average molecular weight is 286 g/mol.